The number of rotatable bonds is 12. The summed E-state index contributed by atoms with van der Waals surface area (Å²) in [7, 11) is 3.26. The van der Waals surface area contributed by atoms with Gasteiger partial charge in [0.1, 0.15) is 11.9 Å². The van der Waals surface area contributed by atoms with E-state index in [9.17, 15) is 35.7 Å². The molecule has 12 rings (SSSR count). The maximum Gasteiger partial charge on any atom is 0.161 e. The lowest BCUT2D eigenvalue weighted by Gasteiger charge is -2.55. The fraction of sp³-hybridized carbons (Fsp3) is 0.589. The molecule has 3 fully saturated rings. The van der Waals surface area contributed by atoms with E-state index in [0.717, 1.165) is 53.7 Å². The maximum atomic E-state index is 13.2. The monoisotopic (exact) mass is 1220 g/mol. The molecule has 0 bridgehead atoms. The minimum Gasteiger partial charge on any atom is -0.504 e. The molecule has 3 aromatic carbocycles. The average molecular weight is 1220 g/mol. The number of aliphatic hydroxyl groups is 6. The molecule has 2 aliphatic heterocycles. The van der Waals surface area contributed by atoms with Gasteiger partial charge in [0, 0.05) is 83.7 Å². The molecule has 87 heavy (non-hydrogen) atoms. The van der Waals surface area contributed by atoms with Gasteiger partial charge < -0.3 is 61.3 Å². The molecule has 1 aromatic heterocycles. The number of phenolic OH excluding ortho intramolecular Hbond substituents is 1. The SMILES string of the molecule is CC[C@H]1Cc2cc(O)c(O[C@H]3C[C@@H](Cc4ccc[nH]4)C4=CCNC(N)=C4CSSC[C@H](CO)[C@@H]3O)cc2[C@@H]2C[C@@H](O)[C@H]3[C@@H](OCCO)CC[C@@H](O)C[C@@]4(C#C[C@H]3C=C12)C[C@H](c1ccccc1)[C@@H]1Cc2ccccc2C[C@@H](C2CCCCC2)C[C@H]1[C@H]4CO. The van der Waals surface area contributed by atoms with Crippen molar-refractivity contribution in [1.82, 2.24) is 10.3 Å². The summed E-state index contributed by atoms with van der Waals surface area (Å²) in [5.74, 6) is 9.66. The lowest BCUT2D eigenvalue weighted by molar-refractivity contribution is -0.0732. The Labute approximate surface area is 524 Å². The summed E-state index contributed by atoms with van der Waals surface area (Å²) in [5.41, 5.74) is 16.5. The summed E-state index contributed by atoms with van der Waals surface area (Å²) >= 11 is 0. The zero-order chi connectivity index (χ0) is 60.2. The van der Waals surface area contributed by atoms with Crippen LogP contribution in [0, 0.1) is 76.4 Å². The van der Waals surface area contributed by atoms with Crippen molar-refractivity contribution in [3.8, 4) is 23.3 Å². The minimum atomic E-state index is -1.08. The molecule has 468 valence electrons. The number of dihydropyridines is 1. The lowest BCUT2D eigenvalue weighted by atomic mass is 9.49. The number of nitrogens with two attached hydrogens (primary N) is 1. The van der Waals surface area contributed by atoms with E-state index in [1.54, 1.807) is 21.6 Å². The van der Waals surface area contributed by atoms with Gasteiger partial charge in [0.25, 0.3) is 0 Å². The van der Waals surface area contributed by atoms with E-state index in [2.05, 4.69) is 102 Å². The van der Waals surface area contributed by atoms with E-state index in [4.69, 9.17) is 15.2 Å². The molecule has 0 unspecified atom stereocenters. The van der Waals surface area contributed by atoms with Crippen molar-refractivity contribution in [2.45, 2.75) is 158 Å². The second kappa shape index (κ2) is 28.2. The van der Waals surface area contributed by atoms with Crippen LogP contribution in [0.25, 0.3) is 0 Å². The third-order valence-electron chi connectivity index (χ3n) is 22.4. The Bertz CT molecular complexity index is 3120. The number of hydrogen-bond acceptors (Lipinski definition) is 13. The number of aromatic hydroxyl groups is 1. The minimum absolute atomic E-state index is 0.0223. The van der Waals surface area contributed by atoms with Gasteiger partial charge in [-0.3, -0.25) is 0 Å². The second-order valence-corrected chi connectivity index (χ2v) is 29.8. The van der Waals surface area contributed by atoms with E-state index < -0.39 is 53.7 Å². The van der Waals surface area contributed by atoms with Crippen LogP contribution in [0.2, 0.25) is 0 Å². The molecule has 0 radical (unpaired) electrons. The fourth-order valence-electron chi connectivity index (χ4n) is 18.1. The molecule has 11 N–H and O–H groups in total. The van der Waals surface area contributed by atoms with Crippen LogP contribution in [-0.4, -0.2) is 116 Å². The first kappa shape index (κ1) is 62.5. The number of hydrogen-bond donors (Lipinski definition) is 10. The lowest BCUT2D eigenvalue weighted by Crippen LogP contribution is -2.51. The smallest absolute Gasteiger partial charge is 0.161 e. The van der Waals surface area contributed by atoms with Crippen LogP contribution in [0.4, 0.5) is 0 Å². The predicted molar refractivity (Wildman–Crippen MR) is 347 cm³/mol. The zero-order valence-electron chi connectivity index (χ0n) is 50.9. The second-order valence-electron chi connectivity index (χ2n) is 27.3. The van der Waals surface area contributed by atoms with Crippen molar-refractivity contribution < 1.29 is 45.2 Å². The molecule has 6 aliphatic carbocycles. The van der Waals surface area contributed by atoms with Gasteiger partial charge in [-0.15, -0.1) is 0 Å². The van der Waals surface area contributed by atoms with Crippen LogP contribution in [0.5, 0.6) is 11.5 Å². The highest BCUT2D eigenvalue weighted by atomic mass is 33.1. The normalized spacial score (nSPS) is 35.0. The molecule has 3 heterocycles. The van der Waals surface area contributed by atoms with E-state index in [1.165, 1.54) is 54.4 Å². The van der Waals surface area contributed by atoms with Crippen LogP contribution in [0.1, 0.15) is 136 Å². The zero-order valence-corrected chi connectivity index (χ0v) is 52.5. The molecular formula is C73H95N3O9S2. The number of fused-ring (bicyclic) bond motifs is 7. The largest absolute Gasteiger partial charge is 0.504 e. The van der Waals surface area contributed by atoms with Gasteiger partial charge in [0.15, 0.2) is 11.5 Å². The number of aromatic nitrogens is 1. The first-order chi connectivity index (χ1) is 42.5. The quantitative estimate of drug-likeness (QED) is 0.0364. The predicted octanol–water partition coefficient (Wildman–Crippen LogP) is 10.7. The molecule has 1 saturated heterocycles. The van der Waals surface area contributed by atoms with E-state index >= 15 is 0 Å². The van der Waals surface area contributed by atoms with Crippen LogP contribution in [0.3, 0.4) is 0 Å². The Balaban J connectivity index is 0.950. The standard InChI is InChI=1S/C73H95N3O9S2/c1-2-44-28-51-34-65(81)68(85-69-35-52(30-54-18-11-24-75-54)56-22-25-76-72(74)63(56)43-87-86-42-53(40-78)71(69)83)37-58(51)60-36-66(82)70-49(32-57(44)60)21-23-73(38-55(80)19-20-67(70)84-27-26-77)39-62(46-14-7-4-8-15-46)59-31-48-17-10-9-16-47(48)29-50(33-61(59)64(73)41-79)45-12-5-3-6-13-45/h4,7-11,14-18,22,24,32,34,37,44-45,49-50,52-53,55,59-62,64,66-67,69-71,75-83H,2-3,5-6,12-13,19-20,25-31,33,35-36,38-43,74H2,1H3/t44-,49-,50+,52+,53-,55+,59+,60+,61+,62+,64+,66+,67-,69-,70-,71-,73-/m0/s1. The Kier molecular flexibility index (Phi) is 20.3. The molecule has 1 spiro atoms. The Hall–Kier alpha value is -4.66. The van der Waals surface area contributed by atoms with Crippen LogP contribution >= 0.6 is 21.6 Å². The topological polar surface area (TPSA) is 214 Å². The van der Waals surface area contributed by atoms with Crippen molar-refractivity contribution in [1.29, 1.82) is 0 Å². The van der Waals surface area contributed by atoms with E-state index in [-0.39, 0.29) is 79.4 Å². The average Bonchev–Trinajstić information content (AvgIpc) is 2.06. The molecule has 14 heteroatoms. The summed E-state index contributed by atoms with van der Waals surface area (Å²) in [5, 5.41) is 87.2. The van der Waals surface area contributed by atoms with Gasteiger partial charge in [-0.2, -0.15) is 0 Å². The Morgan fingerprint density at radius 1 is 0.782 bits per heavy atom. The van der Waals surface area contributed by atoms with E-state index in [1.807, 2.05) is 24.4 Å². The number of allylic oxidation sites excluding steroid dienone is 3. The summed E-state index contributed by atoms with van der Waals surface area (Å²) in [6.45, 7) is 2.42. The molecule has 17 atom stereocenters. The number of ether oxygens (including phenoxy) is 2. The van der Waals surface area contributed by atoms with Gasteiger partial charge in [-0.1, -0.05) is 145 Å². The van der Waals surface area contributed by atoms with Gasteiger partial charge in [0.05, 0.1) is 37.6 Å². The van der Waals surface area contributed by atoms with Gasteiger partial charge in [-0.05, 0) is 176 Å². The number of aliphatic hydroxyl groups excluding tert-OH is 6. The van der Waals surface area contributed by atoms with E-state index in [0.29, 0.717) is 87.1 Å². The molecule has 0 amide bonds. The first-order valence-corrected chi connectivity index (χ1v) is 35.6. The Morgan fingerprint density at radius 3 is 2.34 bits per heavy atom. The van der Waals surface area contributed by atoms with Crippen molar-refractivity contribution in [3.63, 3.8) is 0 Å². The number of aromatic amines is 1. The summed E-state index contributed by atoms with van der Waals surface area (Å²) in [4.78, 5) is 3.39. The summed E-state index contributed by atoms with van der Waals surface area (Å²) in [6, 6.07) is 28.0. The molecule has 4 aromatic rings. The molecule has 2 saturated carbocycles. The highest BCUT2D eigenvalue weighted by molar-refractivity contribution is 8.76. The number of benzene rings is 3. The number of nitrogens with one attached hydrogen (secondary N) is 2. The van der Waals surface area contributed by atoms with Gasteiger partial charge in [0.2, 0.25) is 0 Å². The molecule has 12 nitrogen and oxygen atoms in total. The number of phenols is 1. The third-order valence-corrected chi connectivity index (χ3v) is 24.8. The highest BCUT2D eigenvalue weighted by Gasteiger charge is 2.55. The maximum absolute atomic E-state index is 13.2. The third kappa shape index (κ3) is 13.4. The highest BCUT2D eigenvalue weighted by Crippen LogP contribution is 2.60. The van der Waals surface area contributed by atoms with Crippen molar-refractivity contribution >= 4 is 21.6 Å². The van der Waals surface area contributed by atoms with Crippen molar-refractivity contribution in [2.75, 3.05) is 44.5 Å². The number of H-pyrrole nitrogens is 1. The van der Waals surface area contributed by atoms with Crippen LogP contribution < -0.4 is 15.8 Å². The fourth-order valence-corrected chi connectivity index (χ4v) is 20.6. The van der Waals surface area contributed by atoms with Crippen LogP contribution in [0.15, 0.2) is 120 Å². The van der Waals surface area contributed by atoms with Gasteiger partial charge in [-0.25, -0.2) is 0 Å². The molecular weight excluding hydrogens is 1130 g/mol. The Morgan fingerprint density at radius 2 is 1.59 bits per heavy atom. The summed E-state index contributed by atoms with van der Waals surface area (Å²) < 4.78 is 13.7. The van der Waals surface area contributed by atoms with Crippen LogP contribution in [-0.2, 0) is 30.4 Å². The van der Waals surface area contributed by atoms with Crippen molar-refractivity contribution in [3.05, 3.63) is 153 Å². The first-order valence-electron chi connectivity index (χ1n) is 33.1. The summed E-state index contributed by atoms with van der Waals surface area (Å²) in [6.07, 6.45) is 16.5. The molecule has 8 aliphatic rings. The van der Waals surface area contributed by atoms with Gasteiger partial charge >= 0.3 is 0 Å². The van der Waals surface area contributed by atoms with Crippen molar-refractivity contribution in [2.24, 2.45) is 70.3 Å².